The molecule has 0 radical (unpaired) electrons. The van der Waals surface area contributed by atoms with Gasteiger partial charge in [0.15, 0.2) is 0 Å². The summed E-state index contributed by atoms with van der Waals surface area (Å²) in [5.74, 6) is 0.635. The lowest BCUT2D eigenvalue weighted by Crippen LogP contribution is -2.12. The Morgan fingerprint density at radius 3 is 2.37 bits per heavy atom. The van der Waals surface area contributed by atoms with Gasteiger partial charge in [-0.15, -0.1) is 0 Å². The highest BCUT2D eigenvalue weighted by Crippen LogP contribution is 2.22. The minimum Gasteiger partial charge on any atom is -0.497 e. The number of primary amides is 1. The van der Waals surface area contributed by atoms with E-state index in [1.165, 1.54) is 12.3 Å². The molecule has 0 spiro atoms. The first-order valence-corrected chi connectivity index (χ1v) is 8.04. The Labute approximate surface area is 155 Å². The smallest absolute Gasteiger partial charge is 0.255 e. The lowest BCUT2D eigenvalue weighted by Gasteiger charge is -2.08. The van der Waals surface area contributed by atoms with E-state index in [1.54, 1.807) is 61.7 Å². The fourth-order valence-corrected chi connectivity index (χ4v) is 2.29. The second kappa shape index (κ2) is 8.01. The van der Waals surface area contributed by atoms with Gasteiger partial charge in [-0.1, -0.05) is 6.07 Å². The normalized spacial score (nSPS) is 10.1. The molecule has 136 valence electrons. The molecule has 0 aliphatic rings. The number of ether oxygens (including phenoxy) is 2. The summed E-state index contributed by atoms with van der Waals surface area (Å²) in [5.41, 5.74) is 6.61. The summed E-state index contributed by atoms with van der Waals surface area (Å²) < 4.78 is 10.7. The third kappa shape index (κ3) is 4.60. The molecule has 7 heteroatoms. The molecular formula is C20H17N3O4. The third-order valence-corrected chi connectivity index (χ3v) is 3.69. The van der Waals surface area contributed by atoms with Crippen molar-refractivity contribution in [2.24, 2.45) is 5.73 Å². The van der Waals surface area contributed by atoms with Crippen LogP contribution in [-0.2, 0) is 0 Å². The Hall–Kier alpha value is -3.87. The molecule has 3 aromatic rings. The number of rotatable bonds is 6. The van der Waals surface area contributed by atoms with E-state index in [0.717, 1.165) is 0 Å². The van der Waals surface area contributed by atoms with Crippen LogP contribution in [-0.4, -0.2) is 23.9 Å². The number of nitrogens with two attached hydrogens (primary N) is 1. The summed E-state index contributed by atoms with van der Waals surface area (Å²) in [7, 11) is 1.56. The van der Waals surface area contributed by atoms with Crippen LogP contribution in [0.4, 0.5) is 5.69 Å². The monoisotopic (exact) mass is 363 g/mol. The molecule has 1 aromatic heterocycles. The number of nitrogens with zero attached hydrogens (tertiary/aromatic N) is 1. The molecule has 3 rings (SSSR count). The van der Waals surface area contributed by atoms with Crippen LogP contribution in [0.2, 0.25) is 0 Å². The van der Waals surface area contributed by atoms with E-state index in [0.29, 0.717) is 34.2 Å². The molecule has 0 aliphatic carbocycles. The van der Waals surface area contributed by atoms with E-state index in [-0.39, 0.29) is 5.91 Å². The number of nitrogens with one attached hydrogen (secondary N) is 1. The van der Waals surface area contributed by atoms with Crippen molar-refractivity contribution in [1.82, 2.24) is 4.98 Å². The van der Waals surface area contributed by atoms with Crippen molar-refractivity contribution in [2.45, 2.75) is 0 Å². The Morgan fingerprint density at radius 1 is 0.963 bits per heavy atom. The first-order chi connectivity index (χ1) is 13.0. The van der Waals surface area contributed by atoms with Gasteiger partial charge in [-0.25, -0.2) is 4.98 Å². The van der Waals surface area contributed by atoms with Crippen molar-refractivity contribution in [1.29, 1.82) is 0 Å². The molecule has 0 aliphatic heterocycles. The molecule has 2 aromatic carbocycles. The highest BCUT2D eigenvalue weighted by atomic mass is 16.5. The van der Waals surface area contributed by atoms with Crippen LogP contribution in [0.5, 0.6) is 17.4 Å². The second-order valence-corrected chi connectivity index (χ2v) is 5.56. The molecule has 0 unspecified atom stereocenters. The lowest BCUT2D eigenvalue weighted by atomic mass is 10.2. The van der Waals surface area contributed by atoms with Gasteiger partial charge >= 0.3 is 0 Å². The number of carbonyl (C=O) groups excluding carboxylic acids is 2. The van der Waals surface area contributed by atoms with Gasteiger partial charge in [-0.05, 0) is 48.5 Å². The van der Waals surface area contributed by atoms with Crippen LogP contribution in [0.15, 0.2) is 66.9 Å². The maximum absolute atomic E-state index is 12.2. The molecular weight excluding hydrogens is 346 g/mol. The Kier molecular flexibility index (Phi) is 5.32. The zero-order valence-corrected chi connectivity index (χ0v) is 14.5. The van der Waals surface area contributed by atoms with Gasteiger partial charge in [-0.2, -0.15) is 0 Å². The summed E-state index contributed by atoms with van der Waals surface area (Å²) >= 11 is 0. The zero-order valence-electron chi connectivity index (χ0n) is 14.5. The highest BCUT2D eigenvalue weighted by Gasteiger charge is 2.08. The topological polar surface area (TPSA) is 104 Å². The predicted molar refractivity (Wildman–Crippen MR) is 100 cm³/mol. The van der Waals surface area contributed by atoms with Gasteiger partial charge in [0.2, 0.25) is 11.8 Å². The molecule has 0 saturated carbocycles. The number of methoxy groups -OCH3 is 1. The Bertz CT molecular complexity index is 954. The minimum atomic E-state index is -0.537. The predicted octanol–water partition coefficient (Wildman–Crippen LogP) is 3.23. The van der Waals surface area contributed by atoms with Crippen molar-refractivity contribution in [3.05, 3.63) is 78.0 Å². The van der Waals surface area contributed by atoms with Crippen LogP contribution >= 0.6 is 0 Å². The molecule has 0 saturated heterocycles. The van der Waals surface area contributed by atoms with Gasteiger partial charge < -0.3 is 20.5 Å². The van der Waals surface area contributed by atoms with E-state index >= 15 is 0 Å². The number of carbonyl (C=O) groups is 2. The first-order valence-electron chi connectivity index (χ1n) is 8.04. The van der Waals surface area contributed by atoms with Gasteiger partial charge in [0, 0.05) is 17.2 Å². The summed E-state index contributed by atoms with van der Waals surface area (Å²) in [5, 5.41) is 2.75. The van der Waals surface area contributed by atoms with E-state index < -0.39 is 5.91 Å². The number of hydrogen-bond acceptors (Lipinski definition) is 5. The summed E-state index contributed by atoms with van der Waals surface area (Å²) in [6.45, 7) is 0. The Balaban J connectivity index is 1.65. The average Bonchev–Trinajstić information content (AvgIpc) is 2.69. The second-order valence-electron chi connectivity index (χ2n) is 5.56. The first kappa shape index (κ1) is 17.9. The number of anilines is 1. The minimum absolute atomic E-state index is 0.262. The maximum Gasteiger partial charge on any atom is 0.255 e. The van der Waals surface area contributed by atoms with Crippen LogP contribution in [0.25, 0.3) is 0 Å². The fourth-order valence-electron chi connectivity index (χ4n) is 2.29. The molecule has 3 N–H and O–H groups in total. The third-order valence-electron chi connectivity index (χ3n) is 3.69. The van der Waals surface area contributed by atoms with Crippen LogP contribution in [0, 0.1) is 0 Å². The quantitative estimate of drug-likeness (QED) is 0.700. The van der Waals surface area contributed by atoms with Crippen LogP contribution < -0.4 is 20.5 Å². The molecule has 0 fully saturated rings. The Morgan fingerprint density at radius 2 is 1.74 bits per heavy atom. The van der Waals surface area contributed by atoms with Crippen molar-refractivity contribution >= 4 is 17.5 Å². The fraction of sp³-hybridized carbons (Fsp3) is 0.0500. The van der Waals surface area contributed by atoms with Crippen LogP contribution in [0.1, 0.15) is 20.7 Å². The molecule has 1 heterocycles. The summed E-state index contributed by atoms with van der Waals surface area (Å²) in [6.07, 6.45) is 1.48. The number of amides is 2. The number of benzene rings is 2. The van der Waals surface area contributed by atoms with Gasteiger partial charge in [-0.3, -0.25) is 9.59 Å². The number of aromatic nitrogens is 1. The summed E-state index contributed by atoms with van der Waals surface area (Å²) in [4.78, 5) is 27.6. The lowest BCUT2D eigenvalue weighted by molar-refractivity contribution is 0.0997. The average molecular weight is 363 g/mol. The van der Waals surface area contributed by atoms with E-state index in [1.807, 2.05) is 0 Å². The van der Waals surface area contributed by atoms with E-state index in [9.17, 15) is 9.59 Å². The van der Waals surface area contributed by atoms with E-state index in [4.69, 9.17) is 15.2 Å². The number of pyridine rings is 1. The zero-order chi connectivity index (χ0) is 19.2. The number of hydrogen-bond donors (Lipinski definition) is 2. The molecule has 27 heavy (non-hydrogen) atoms. The van der Waals surface area contributed by atoms with Crippen molar-refractivity contribution in [3.8, 4) is 17.4 Å². The molecule has 7 nitrogen and oxygen atoms in total. The SMILES string of the molecule is COc1ccc(C(=O)Nc2ccc(Oc3cccc(C(N)=O)c3)nc2)cc1. The van der Waals surface area contributed by atoms with Gasteiger partial charge in [0.05, 0.1) is 19.0 Å². The highest BCUT2D eigenvalue weighted by molar-refractivity contribution is 6.04. The largest absolute Gasteiger partial charge is 0.497 e. The van der Waals surface area contributed by atoms with Gasteiger partial charge in [0.1, 0.15) is 11.5 Å². The molecule has 2 amide bonds. The van der Waals surface area contributed by atoms with E-state index in [2.05, 4.69) is 10.3 Å². The standard InChI is InChI=1S/C20H17N3O4/c1-26-16-8-5-13(6-9-16)20(25)23-15-7-10-18(22-12-15)27-17-4-2-3-14(11-17)19(21)24/h2-12H,1H3,(H2,21,24)(H,23,25). The van der Waals surface area contributed by atoms with Crippen molar-refractivity contribution < 1.29 is 19.1 Å². The molecule has 0 atom stereocenters. The van der Waals surface area contributed by atoms with Crippen LogP contribution in [0.3, 0.4) is 0 Å². The van der Waals surface area contributed by atoms with Crippen molar-refractivity contribution in [2.75, 3.05) is 12.4 Å². The maximum atomic E-state index is 12.2. The molecule has 0 bridgehead atoms. The summed E-state index contributed by atoms with van der Waals surface area (Å²) in [6, 6.07) is 16.5. The van der Waals surface area contributed by atoms with Gasteiger partial charge in [0.25, 0.3) is 5.91 Å². The van der Waals surface area contributed by atoms with Crippen molar-refractivity contribution in [3.63, 3.8) is 0 Å².